The fourth-order valence-electron chi connectivity index (χ4n) is 1.76. The number of unbranched alkanes of at least 4 members (excludes halogenated alkanes) is 3. The Morgan fingerprint density at radius 1 is 0.950 bits per heavy atom. The topological polar surface area (TPSA) is 130 Å². The second kappa shape index (κ2) is 11.2. The van der Waals surface area contributed by atoms with E-state index in [1.807, 2.05) is 0 Å². The Morgan fingerprint density at radius 2 is 1.60 bits per heavy atom. The number of amides is 1. The number of nitrogens with two attached hydrogens (primary N) is 1. The summed E-state index contributed by atoms with van der Waals surface area (Å²) in [6.45, 7) is 0.636. The summed E-state index contributed by atoms with van der Waals surface area (Å²) in [5, 5.41) is 19.9. The molecule has 0 saturated heterocycles. The van der Waals surface area contributed by atoms with Gasteiger partial charge in [-0.2, -0.15) is 0 Å². The van der Waals surface area contributed by atoms with Crippen LogP contribution in [0.4, 0.5) is 0 Å². The minimum atomic E-state index is -1.13. The highest BCUT2D eigenvalue weighted by Gasteiger charge is 2.19. The molecule has 0 bridgehead atoms. The molecule has 7 heteroatoms. The SMILES string of the molecule is NCCCCCCC(=O)N[C@H](CCCC(=O)O)C(=O)O. The first-order valence-corrected chi connectivity index (χ1v) is 6.91. The molecule has 0 aliphatic rings. The zero-order chi connectivity index (χ0) is 15.4. The van der Waals surface area contributed by atoms with Gasteiger partial charge in [0.15, 0.2) is 0 Å². The highest BCUT2D eigenvalue weighted by Crippen LogP contribution is 2.05. The van der Waals surface area contributed by atoms with Crippen LogP contribution in [0.2, 0.25) is 0 Å². The van der Waals surface area contributed by atoms with Gasteiger partial charge in [0.1, 0.15) is 6.04 Å². The van der Waals surface area contributed by atoms with Crippen molar-refractivity contribution in [3.05, 3.63) is 0 Å². The molecule has 0 aromatic heterocycles. The molecule has 0 aromatic carbocycles. The molecule has 1 atom stereocenters. The maximum Gasteiger partial charge on any atom is 0.326 e. The molecule has 116 valence electrons. The van der Waals surface area contributed by atoms with Crippen LogP contribution >= 0.6 is 0 Å². The summed E-state index contributed by atoms with van der Waals surface area (Å²) in [5.74, 6) is -2.41. The highest BCUT2D eigenvalue weighted by molar-refractivity contribution is 5.83. The first-order chi connectivity index (χ1) is 9.47. The molecule has 0 aliphatic carbocycles. The van der Waals surface area contributed by atoms with E-state index in [-0.39, 0.29) is 31.6 Å². The van der Waals surface area contributed by atoms with Crippen LogP contribution < -0.4 is 11.1 Å². The van der Waals surface area contributed by atoms with E-state index in [1.165, 1.54) is 0 Å². The Labute approximate surface area is 118 Å². The van der Waals surface area contributed by atoms with Gasteiger partial charge in [-0.05, 0) is 32.2 Å². The Bertz CT molecular complexity index is 320. The van der Waals surface area contributed by atoms with E-state index in [0.29, 0.717) is 13.0 Å². The molecule has 0 unspecified atom stereocenters. The number of nitrogens with one attached hydrogen (secondary N) is 1. The van der Waals surface area contributed by atoms with Crippen LogP contribution in [-0.2, 0) is 14.4 Å². The van der Waals surface area contributed by atoms with Gasteiger partial charge in [0.05, 0.1) is 0 Å². The number of carboxylic acid groups (broad SMARTS) is 2. The van der Waals surface area contributed by atoms with Gasteiger partial charge in [-0.3, -0.25) is 9.59 Å². The predicted molar refractivity (Wildman–Crippen MR) is 73.2 cm³/mol. The lowest BCUT2D eigenvalue weighted by atomic mass is 10.1. The summed E-state index contributed by atoms with van der Waals surface area (Å²) < 4.78 is 0. The predicted octanol–water partition coefficient (Wildman–Crippen LogP) is 0.720. The van der Waals surface area contributed by atoms with Crippen molar-refractivity contribution in [3.63, 3.8) is 0 Å². The van der Waals surface area contributed by atoms with E-state index in [9.17, 15) is 14.4 Å². The van der Waals surface area contributed by atoms with E-state index < -0.39 is 18.0 Å². The van der Waals surface area contributed by atoms with Crippen LogP contribution in [0.25, 0.3) is 0 Å². The molecule has 5 N–H and O–H groups in total. The van der Waals surface area contributed by atoms with E-state index >= 15 is 0 Å². The summed E-state index contributed by atoms with van der Waals surface area (Å²) >= 11 is 0. The van der Waals surface area contributed by atoms with Crippen LogP contribution in [0.5, 0.6) is 0 Å². The van der Waals surface area contributed by atoms with Crippen LogP contribution in [0.3, 0.4) is 0 Å². The third-order valence-corrected chi connectivity index (χ3v) is 2.87. The number of rotatable bonds is 12. The lowest BCUT2D eigenvalue weighted by Gasteiger charge is -2.13. The van der Waals surface area contributed by atoms with Crippen molar-refractivity contribution >= 4 is 17.8 Å². The minimum Gasteiger partial charge on any atom is -0.481 e. The highest BCUT2D eigenvalue weighted by atomic mass is 16.4. The number of carbonyl (C=O) groups is 3. The summed E-state index contributed by atoms with van der Waals surface area (Å²) in [6, 6.07) is -1.01. The van der Waals surface area contributed by atoms with E-state index in [4.69, 9.17) is 15.9 Å². The van der Waals surface area contributed by atoms with Gasteiger partial charge in [0, 0.05) is 12.8 Å². The zero-order valence-corrected chi connectivity index (χ0v) is 11.6. The number of hydrogen-bond donors (Lipinski definition) is 4. The van der Waals surface area contributed by atoms with Gasteiger partial charge in [-0.1, -0.05) is 12.8 Å². The molecule has 0 radical (unpaired) electrons. The van der Waals surface area contributed by atoms with Crippen molar-refractivity contribution in [3.8, 4) is 0 Å². The molecule has 0 aromatic rings. The first-order valence-electron chi connectivity index (χ1n) is 6.91. The first kappa shape index (κ1) is 18.4. The molecule has 0 rings (SSSR count). The fourth-order valence-corrected chi connectivity index (χ4v) is 1.76. The molecule has 0 saturated carbocycles. The molecule has 0 heterocycles. The van der Waals surface area contributed by atoms with Gasteiger partial charge in [0.2, 0.25) is 5.91 Å². The average Bonchev–Trinajstić information content (AvgIpc) is 2.36. The second-order valence-corrected chi connectivity index (χ2v) is 4.70. The average molecular weight is 288 g/mol. The standard InChI is InChI=1S/C13H24N2O5/c14-9-4-2-1-3-7-11(16)15-10(13(19)20)6-5-8-12(17)18/h10H,1-9,14H2,(H,15,16)(H,17,18)(H,19,20)/t10-/m1/s1. The Hall–Kier alpha value is -1.63. The molecular weight excluding hydrogens is 264 g/mol. The van der Waals surface area contributed by atoms with E-state index in [2.05, 4.69) is 5.32 Å². The lowest BCUT2D eigenvalue weighted by Crippen LogP contribution is -2.40. The van der Waals surface area contributed by atoms with Crippen LogP contribution in [0.1, 0.15) is 51.4 Å². The van der Waals surface area contributed by atoms with Gasteiger partial charge in [0.25, 0.3) is 0 Å². The molecular formula is C13H24N2O5. The van der Waals surface area contributed by atoms with Gasteiger partial charge in [-0.25, -0.2) is 4.79 Å². The van der Waals surface area contributed by atoms with E-state index in [1.54, 1.807) is 0 Å². The van der Waals surface area contributed by atoms with Crippen molar-refractivity contribution in [1.82, 2.24) is 5.32 Å². The molecule has 0 spiro atoms. The molecule has 0 fully saturated rings. The van der Waals surface area contributed by atoms with Crippen LogP contribution in [0.15, 0.2) is 0 Å². The van der Waals surface area contributed by atoms with Crippen molar-refractivity contribution < 1.29 is 24.6 Å². The largest absolute Gasteiger partial charge is 0.481 e. The monoisotopic (exact) mass is 288 g/mol. The Kier molecular flexibility index (Phi) is 10.3. The number of carbonyl (C=O) groups excluding carboxylic acids is 1. The lowest BCUT2D eigenvalue weighted by molar-refractivity contribution is -0.142. The van der Waals surface area contributed by atoms with Gasteiger partial charge >= 0.3 is 11.9 Å². The van der Waals surface area contributed by atoms with Crippen molar-refractivity contribution in [1.29, 1.82) is 0 Å². The second-order valence-electron chi connectivity index (χ2n) is 4.70. The van der Waals surface area contributed by atoms with Gasteiger partial charge < -0.3 is 21.3 Å². The summed E-state index contributed by atoms with van der Waals surface area (Å²) in [4.78, 5) is 32.9. The number of aliphatic carboxylic acids is 2. The summed E-state index contributed by atoms with van der Waals surface area (Å²) in [5.41, 5.74) is 5.35. The third kappa shape index (κ3) is 10.3. The quantitative estimate of drug-likeness (QED) is 0.391. The van der Waals surface area contributed by atoms with E-state index in [0.717, 1.165) is 19.3 Å². The Balaban J connectivity index is 3.89. The molecule has 0 aliphatic heterocycles. The normalized spacial score (nSPS) is 11.8. The number of carboxylic acids is 2. The zero-order valence-electron chi connectivity index (χ0n) is 11.6. The third-order valence-electron chi connectivity index (χ3n) is 2.87. The van der Waals surface area contributed by atoms with Crippen molar-refractivity contribution in [2.45, 2.75) is 57.4 Å². The summed E-state index contributed by atoms with van der Waals surface area (Å²) in [6.07, 6.45) is 4.02. The maximum atomic E-state index is 11.6. The fraction of sp³-hybridized carbons (Fsp3) is 0.769. The molecule has 1 amide bonds. The summed E-state index contributed by atoms with van der Waals surface area (Å²) in [7, 11) is 0. The number of hydrogen-bond acceptors (Lipinski definition) is 4. The maximum absolute atomic E-state index is 11.6. The van der Waals surface area contributed by atoms with Crippen molar-refractivity contribution in [2.24, 2.45) is 5.73 Å². The molecule has 20 heavy (non-hydrogen) atoms. The van der Waals surface area contributed by atoms with Gasteiger partial charge in [-0.15, -0.1) is 0 Å². The smallest absolute Gasteiger partial charge is 0.326 e. The molecule has 7 nitrogen and oxygen atoms in total. The van der Waals surface area contributed by atoms with Crippen LogP contribution in [0, 0.1) is 0 Å². The minimum absolute atomic E-state index is 0.0985. The van der Waals surface area contributed by atoms with Crippen LogP contribution in [-0.4, -0.2) is 40.6 Å². The Morgan fingerprint density at radius 3 is 2.15 bits per heavy atom. The van der Waals surface area contributed by atoms with Crippen molar-refractivity contribution in [2.75, 3.05) is 6.54 Å².